The normalized spacial score (nSPS) is 23.0. The second-order valence-corrected chi connectivity index (χ2v) is 7.45. The molecule has 2 amide bonds. The van der Waals surface area contributed by atoms with Crippen LogP contribution in [0.3, 0.4) is 0 Å². The fourth-order valence-electron chi connectivity index (χ4n) is 3.10. The molecule has 8 heteroatoms. The van der Waals surface area contributed by atoms with E-state index < -0.39 is 0 Å². The molecule has 0 radical (unpaired) electrons. The second-order valence-electron chi connectivity index (χ2n) is 6.07. The number of anilines is 1. The van der Waals surface area contributed by atoms with Gasteiger partial charge in [0, 0.05) is 29.5 Å². The molecule has 24 heavy (non-hydrogen) atoms. The third-order valence-corrected chi connectivity index (χ3v) is 5.63. The van der Waals surface area contributed by atoms with Crippen molar-refractivity contribution in [1.29, 1.82) is 0 Å². The number of nitrogens with one attached hydrogen (secondary N) is 2. The van der Waals surface area contributed by atoms with Gasteiger partial charge in [0.15, 0.2) is 0 Å². The molecule has 124 valence electrons. The summed E-state index contributed by atoms with van der Waals surface area (Å²) in [7, 11) is 0. The van der Waals surface area contributed by atoms with Gasteiger partial charge in [-0.05, 0) is 31.5 Å². The smallest absolute Gasteiger partial charge is 0.253 e. The van der Waals surface area contributed by atoms with E-state index in [-0.39, 0.29) is 23.0 Å². The topological polar surface area (TPSA) is 91.0 Å². The van der Waals surface area contributed by atoms with Crippen molar-refractivity contribution < 1.29 is 9.59 Å². The first-order valence-corrected chi connectivity index (χ1v) is 8.76. The number of benzene rings is 1. The van der Waals surface area contributed by atoms with Gasteiger partial charge in [-0.1, -0.05) is 0 Å². The van der Waals surface area contributed by atoms with Crippen LogP contribution in [0, 0.1) is 0 Å². The number of aromatic amines is 1. The van der Waals surface area contributed by atoms with E-state index in [9.17, 15) is 9.59 Å². The monoisotopic (exact) mass is 343 g/mol. The van der Waals surface area contributed by atoms with Gasteiger partial charge in [-0.15, -0.1) is 11.8 Å². The minimum Gasteiger partial charge on any atom is -0.338 e. The summed E-state index contributed by atoms with van der Waals surface area (Å²) in [5.41, 5.74) is 1.32. The zero-order chi connectivity index (χ0) is 16.7. The highest BCUT2D eigenvalue weighted by molar-refractivity contribution is 8.00. The number of amides is 2. The first kappa shape index (κ1) is 15.2. The Labute approximate surface area is 143 Å². The molecule has 3 heterocycles. The van der Waals surface area contributed by atoms with Gasteiger partial charge in [0.05, 0.1) is 10.9 Å². The van der Waals surface area contributed by atoms with E-state index in [1.54, 1.807) is 6.07 Å². The molecule has 1 aromatic carbocycles. The number of thioether (sulfide) groups is 1. The zero-order valence-corrected chi connectivity index (χ0v) is 14.0. The van der Waals surface area contributed by atoms with Gasteiger partial charge in [-0.2, -0.15) is 5.10 Å². The van der Waals surface area contributed by atoms with Crippen molar-refractivity contribution in [3.05, 3.63) is 35.9 Å². The lowest BCUT2D eigenvalue weighted by Gasteiger charge is -2.23. The van der Waals surface area contributed by atoms with E-state index in [1.807, 2.05) is 24.0 Å². The Kier molecular flexibility index (Phi) is 3.76. The summed E-state index contributed by atoms with van der Waals surface area (Å²) in [6.07, 6.45) is 2.36. The van der Waals surface area contributed by atoms with Gasteiger partial charge in [0.25, 0.3) is 5.91 Å². The highest BCUT2D eigenvalue weighted by atomic mass is 32.2. The second kappa shape index (κ2) is 5.94. The lowest BCUT2D eigenvalue weighted by Crippen LogP contribution is -2.30. The van der Waals surface area contributed by atoms with Crippen molar-refractivity contribution in [2.24, 2.45) is 0 Å². The maximum Gasteiger partial charge on any atom is 0.253 e. The number of carbonyl (C=O) groups excluding carboxylic acids is 2. The highest BCUT2D eigenvalue weighted by Crippen LogP contribution is 2.36. The summed E-state index contributed by atoms with van der Waals surface area (Å²) in [4.78, 5) is 31.6. The van der Waals surface area contributed by atoms with E-state index in [1.165, 1.54) is 18.1 Å². The van der Waals surface area contributed by atoms with Crippen LogP contribution < -0.4 is 5.32 Å². The molecule has 7 nitrogen and oxygen atoms in total. The maximum atomic E-state index is 12.8. The van der Waals surface area contributed by atoms with E-state index in [0.717, 1.165) is 22.8 Å². The van der Waals surface area contributed by atoms with E-state index in [0.29, 0.717) is 18.7 Å². The summed E-state index contributed by atoms with van der Waals surface area (Å²) in [5.74, 6) is 0.986. The molecule has 2 aromatic rings. The van der Waals surface area contributed by atoms with Crippen molar-refractivity contribution in [2.75, 3.05) is 18.4 Å². The summed E-state index contributed by atoms with van der Waals surface area (Å²) in [6, 6.07) is 5.52. The van der Waals surface area contributed by atoms with Crippen molar-refractivity contribution in [3.8, 4) is 0 Å². The summed E-state index contributed by atoms with van der Waals surface area (Å²) < 4.78 is 0. The Morgan fingerprint density at radius 2 is 2.29 bits per heavy atom. The van der Waals surface area contributed by atoms with Gasteiger partial charge in [-0.25, -0.2) is 4.98 Å². The molecule has 1 saturated heterocycles. The van der Waals surface area contributed by atoms with Crippen LogP contribution in [0.5, 0.6) is 0 Å². The van der Waals surface area contributed by atoms with Gasteiger partial charge in [-0.3, -0.25) is 14.7 Å². The number of rotatable bonds is 2. The fraction of sp³-hybridized carbons (Fsp3) is 0.375. The first-order valence-electron chi connectivity index (χ1n) is 7.88. The van der Waals surface area contributed by atoms with Crippen LogP contribution in [0.2, 0.25) is 0 Å². The molecule has 2 unspecified atom stereocenters. The Morgan fingerprint density at radius 3 is 3.08 bits per heavy atom. The number of nitrogens with zero attached hydrogens (tertiary/aromatic N) is 3. The van der Waals surface area contributed by atoms with Gasteiger partial charge in [0.1, 0.15) is 12.2 Å². The number of aromatic nitrogens is 3. The van der Waals surface area contributed by atoms with Crippen LogP contribution in [0.4, 0.5) is 5.69 Å². The van der Waals surface area contributed by atoms with Crippen LogP contribution in [0.1, 0.15) is 35.4 Å². The quantitative estimate of drug-likeness (QED) is 0.869. The van der Waals surface area contributed by atoms with Gasteiger partial charge < -0.3 is 10.2 Å². The average Bonchev–Trinajstić information content (AvgIpc) is 3.26. The number of hydrogen-bond acceptors (Lipinski definition) is 5. The zero-order valence-electron chi connectivity index (χ0n) is 13.2. The minimum atomic E-state index is -0.111. The number of H-pyrrole nitrogens is 1. The molecule has 2 atom stereocenters. The Hall–Kier alpha value is -2.35. The first-order chi connectivity index (χ1) is 11.6. The molecule has 1 aromatic heterocycles. The number of hydrogen-bond donors (Lipinski definition) is 2. The van der Waals surface area contributed by atoms with Crippen LogP contribution >= 0.6 is 11.8 Å². The third-order valence-electron chi connectivity index (χ3n) is 4.45. The minimum absolute atomic E-state index is 0.0160. The molecule has 0 bridgehead atoms. The molecular formula is C16H17N5O2S. The van der Waals surface area contributed by atoms with Crippen LogP contribution in [0.15, 0.2) is 29.4 Å². The highest BCUT2D eigenvalue weighted by Gasteiger charge is 2.30. The Morgan fingerprint density at radius 1 is 1.42 bits per heavy atom. The molecule has 2 aliphatic rings. The van der Waals surface area contributed by atoms with Crippen molar-refractivity contribution in [3.63, 3.8) is 0 Å². The molecular weight excluding hydrogens is 326 g/mol. The predicted octanol–water partition coefficient (Wildman–Crippen LogP) is 1.87. The summed E-state index contributed by atoms with van der Waals surface area (Å²) in [6.45, 7) is 3.19. The predicted molar refractivity (Wildman–Crippen MR) is 90.0 cm³/mol. The molecule has 0 saturated carbocycles. The van der Waals surface area contributed by atoms with Crippen LogP contribution in [-0.2, 0) is 4.79 Å². The lowest BCUT2D eigenvalue weighted by molar-refractivity contribution is -0.115. The third kappa shape index (κ3) is 2.66. The number of fused-ring (bicyclic) bond motifs is 1. The van der Waals surface area contributed by atoms with Crippen molar-refractivity contribution in [2.45, 2.75) is 29.4 Å². The average molecular weight is 343 g/mol. The van der Waals surface area contributed by atoms with Crippen molar-refractivity contribution in [1.82, 2.24) is 20.1 Å². The molecule has 0 spiro atoms. The number of carbonyl (C=O) groups is 2. The lowest BCUT2D eigenvalue weighted by atomic mass is 10.1. The van der Waals surface area contributed by atoms with E-state index >= 15 is 0 Å². The molecule has 1 fully saturated rings. The van der Waals surface area contributed by atoms with E-state index in [4.69, 9.17) is 0 Å². The fourth-order valence-corrected chi connectivity index (χ4v) is 4.03. The largest absolute Gasteiger partial charge is 0.338 e. The summed E-state index contributed by atoms with van der Waals surface area (Å²) >= 11 is 1.51. The van der Waals surface area contributed by atoms with Crippen molar-refractivity contribution >= 4 is 29.3 Å². The van der Waals surface area contributed by atoms with Crippen LogP contribution in [0.25, 0.3) is 0 Å². The molecule has 4 rings (SSSR count). The van der Waals surface area contributed by atoms with Crippen LogP contribution in [-0.4, -0.2) is 50.2 Å². The standard InChI is InChI=1S/C16H17N5O2S/c1-9-15(22)19-12-6-10(2-3-13(12)24-9)16(23)21-5-4-11(7-21)14-17-8-18-20-14/h2-3,6,8-9,11H,4-5,7H2,1H3,(H,19,22)(H,17,18,20). The van der Waals surface area contributed by atoms with Gasteiger partial charge in [0.2, 0.25) is 5.91 Å². The van der Waals surface area contributed by atoms with E-state index in [2.05, 4.69) is 20.5 Å². The maximum absolute atomic E-state index is 12.8. The Balaban J connectivity index is 1.51. The summed E-state index contributed by atoms with van der Waals surface area (Å²) in [5, 5.41) is 9.52. The molecule has 2 aliphatic heterocycles. The Bertz CT molecular complexity index is 792. The SMILES string of the molecule is CC1Sc2ccc(C(=O)N3CCC(c4ncn[nH]4)C3)cc2NC1=O. The molecule has 2 N–H and O–H groups in total. The number of likely N-dealkylation sites (tertiary alicyclic amines) is 1. The molecule has 0 aliphatic carbocycles. The van der Waals surface area contributed by atoms with Gasteiger partial charge >= 0.3 is 0 Å².